The molecule has 0 bridgehead atoms. The quantitative estimate of drug-likeness (QED) is 0.211. The summed E-state index contributed by atoms with van der Waals surface area (Å²) in [6.45, 7) is 5.41. The molecule has 0 fully saturated rings. The fraction of sp³-hybridized carbons (Fsp3) is 1.00. The standard InChI is InChI=1S/C12H26O4S.C4H11NO2/c1-2-3-4-5-6-7-8-9-10-11-12-16-17(13,14)15;1-3(6)5-4(2)7/h2-12H2,1H3,(H,13,14,15);3-7H,1-2H3. The molecule has 2 atom stereocenters. The van der Waals surface area contributed by atoms with Crippen molar-refractivity contribution in [1.29, 1.82) is 0 Å². The third kappa shape index (κ3) is 29.7. The molecule has 0 aliphatic carbocycles. The Bertz CT molecular complexity index is 340. The van der Waals surface area contributed by atoms with E-state index in [1.807, 2.05) is 0 Å². The number of aliphatic hydroxyl groups is 2. The van der Waals surface area contributed by atoms with Crippen LogP contribution in [0.3, 0.4) is 0 Å². The van der Waals surface area contributed by atoms with E-state index < -0.39 is 22.9 Å². The van der Waals surface area contributed by atoms with Crippen molar-refractivity contribution in [2.45, 2.75) is 97.4 Å². The van der Waals surface area contributed by atoms with Gasteiger partial charge in [-0.15, -0.1) is 0 Å². The van der Waals surface area contributed by atoms with Crippen LogP contribution in [0, 0.1) is 0 Å². The van der Waals surface area contributed by atoms with E-state index in [4.69, 9.17) is 14.8 Å². The highest BCUT2D eigenvalue weighted by molar-refractivity contribution is 7.80. The topological polar surface area (TPSA) is 116 Å². The smallest absolute Gasteiger partial charge is 0.379 e. The maximum atomic E-state index is 10.2. The average Bonchev–Trinajstić information content (AvgIpc) is 2.43. The Balaban J connectivity index is 0. The summed E-state index contributed by atoms with van der Waals surface area (Å²) < 4.78 is 33.0. The van der Waals surface area contributed by atoms with E-state index in [1.165, 1.54) is 44.9 Å². The molecular weight excluding hydrogens is 334 g/mol. The minimum Gasteiger partial charge on any atom is -0.379 e. The normalized spacial score (nSPS) is 13.9. The molecule has 0 aliphatic heterocycles. The van der Waals surface area contributed by atoms with Gasteiger partial charge in [0.1, 0.15) is 12.5 Å². The van der Waals surface area contributed by atoms with Gasteiger partial charge in [0, 0.05) is 0 Å². The van der Waals surface area contributed by atoms with Crippen LogP contribution in [0.4, 0.5) is 0 Å². The van der Waals surface area contributed by atoms with Gasteiger partial charge in [0.15, 0.2) is 0 Å². The van der Waals surface area contributed by atoms with Gasteiger partial charge >= 0.3 is 10.4 Å². The van der Waals surface area contributed by atoms with Crippen LogP contribution in [0.2, 0.25) is 0 Å². The molecule has 0 aromatic heterocycles. The highest BCUT2D eigenvalue weighted by Gasteiger charge is 2.02. The average molecular weight is 372 g/mol. The van der Waals surface area contributed by atoms with E-state index in [2.05, 4.69) is 16.4 Å². The highest BCUT2D eigenvalue weighted by Crippen LogP contribution is 2.10. The van der Waals surface area contributed by atoms with Gasteiger partial charge in [-0.2, -0.15) is 8.42 Å². The Labute approximate surface area is 147 Å². The molecule has 0 saturated heterocycles. The first kappa shape index (κ1) is 26.0. The van der Waals surface area contributed by atoms with Crippen LogP contribution in [0.1, 0.15) is 85.0 Å². The summed E-state index contributed by atoms with van der Waals surface area (Å²) in [5.74, 6) is 0. The number of unbranched alkanes of at least 4 members (excludes halogenated alkanes) is 9. The van der Waals surface area contributed by atoms with Crippen LogP contribution >= 0.6 is 0 Å². The summed E-state index contributed by atoms with van der Waals surface area (Å²) in [6, 6.07) is 0. The molecule has 8 heteroatoms. The molecule has 0 saturated carbocycles. The maximum absolute atomic E-state index is 10.2. The zero-order valence-electron chi connectivity index (χ0n) is 15.4. The van der Waals surface area contributed by atoms with Crippen molar-refractivity contribution in [1.82, 2.24) is 5.32 Å². The van der Waals surface area contributed by atoms with Gasteiger partial charge in [-0.3, -0.25) is 9.87 Å². The minimum atomic E-state index is -4.23. The number of hydrogen-bond donors (Lipinski definition) is 4. The van der Waals surface area contributed by atoms with Crippen molar-refractivity contribution in [3.8, 4) is 0 Å². The Kier molecular flexibility index (Phi) is 19.0. The summed E-state index contributed by atoms with van der Waals surface area (Å²) in [6.07, 6.45) is 10.6. The van der Waals surface area contributed by atoms with Gasteiger partial charge in [-0.1, -0.05) is 64.7 Å². The third-order valence-electron chi connectivity index (χ3n) is 3.21. The number of nitrogens with one attached hydrogen (secondary N) is 1. The Morgan fingerprint density at radius 3 is 1.50 bits per heavy atom. The summed E-state index contributed by atoms with van der Waals surface area (Å²) >= 11 is 0. The second-order valence-electron chi connectivity index (χ2n) is 5.95. The van der Waals surface area contributed by atoms with Gasteiger partial charge < -0.3 is 10.2 Å². The molecule has 0 heterocycles. The molecule has 0 spiro atoms. The van der Waals surface area contributed by atoms with Crippen molar-refractivity contribution in [3.63, 3.8) is 0 Å². The zero-order chi connectivity index (χ0) is 18.8. The molecule has 7 nitrogen and oxygen atoms in total. The summed E-state index contributed by atoms with van der Waals surface area (Å²) in [4.78, 5) is 0. The van der Waals surface area contributed by atoms with Crippen molar-refractivity contribution < 1.29 is 27.4 Å². The van der Waals surface area contributed by atoms with Gasteiger partial charge in [-0.25, -0.2) is 4.18 Å². The highest BCUT2D eigenvalue weighted by atomic mass is 32.3. The summed E-state index contributed by atoms with van der Waals surface area (Å²) in [7, 11) is -4.23. The fourth-order valence-corrected chi connectivity index (χ4v) is 2.43. The molecule has 0 aliphatic rings. The number of aliphatic hydroxyl groups excluding tert-OH is 2. The second-order valence-corrected chi connectivity index (χ2v) is 7.04. The molecular formula is C16H37NO6S. The van der Waals surface area contributed by atoms with Crippen LogP contribution in [0.5, 0.6) is 0 Å². The molecule has 24 heavy (non-hydrogen) atoms. The van der Waals surface area contributed by atoms with Gasteiger partial charge in [0.05, 0.1) is 6.61 Å². The van der Waals surface area contributed by atoms with E-state index in [1.54, 1.807) is 13.8 Å². The Hall–Kier alpha value is -0.250. The SMILES string of the molecule is CC(O)NC(C)O.CCCCCCCCCCCCOS(=O)(=O)O. The first-order valence-electron chi connectivity index (χ1n) is 8.93. The van der Waals surface area contributed by atoms with Crippen LogP contribution in [0.25, 0.3) is 0 Å². The van der Waals surface area contributed by atoms with Crippen molar-refractivity contribution in [2.24, 2.45) is 0 Å². The van der Waals surface area contributed by atoms with E-state index in [0.29, 0.717) is 6.42 Å². The molecule has 148 valence electrons. The molecule has 0 rings (SSSR count). The van der Waals surface area contributed by atoms with Crippen LogP contribution in [-0.2, 0) is 14.6 Å². The molecule has 4 N–H and O–H groups in total. The van der Waals surface area contributed by atoms with Crippen LogP contribution < -0.4 is 5.32 Å². The first-order chi connectivity index (χ1) is 11.2. The Morgan fingerprint density at radius 1 is 0.833 bits per heavy atom. The maximum Gasteiger partial charge on any atom is 0.397 e. The van der Waals surface area contributed by atoms with Crippen LogP contribution in [0.15, 0.2) is 0 Å². The van der Waals surface area contributed by atoms with Gasteiger partial charge in [0.25, 0.3) is 0 Å². The first-order valence-corrected chi connectivity index (χ1v) is 10.3. The predicted octanol–water partition coefficient (Wildman–Crippen LogP) is 2.98. The lowest BCUT2D eigenvalue weighted by molar-refractivity contribution is 0.0632. The van der Waals surface area contributed by atoms with E-state index in [9.17, 15) is 8.42 Å². The van der Waals surface area contributed by atoms with E-state index in [-0.39, 0.29) is 6.61 Å². The second kappa shape index (κ2) is 17.6. The summed E-state index contributed by atoms with van der Waals surface area (Å²) in [5.41, 5.74) is 0. The Morgan fingerprint density at radius 2 is 1.21 bits per heavy atom. The van der Waals surface area contributed by atoms with Crippen molar-refractivity contribution in [2.75, 3.05) is 6.61 Å². The minimum absolute atomic E-state index is 0.0926. The lowest BCUT2D eigenvalue weighted by Crippen LogP contribution is -2.33. The van der Waals surface area contributed by atoms with Crippen molar-refractivity contribution in [3.05, 3.63) is 0 Å². The fourth-order valence-electron chi connectivity index (χ4n) is 2.10. The van der Waals surface area contributed by atoms with Gasteiger partial charge in [-0.05, 0) is 20.3 Å². The largest absolute Gasteiger partial charge is 0.397 e. The number of rotatable bonds is 14. The number of hydrogen-bond acceptors (Lipinski definition) is 6. The molecule has 0 aromatic carbocycles. The monoisotopic (exact) mass is 371 g/mol. The molecule has 0 aromatic rings. The molecule has 0 amide bonds. The van der Waals surface area contributed by atoms with Gasteiger partial charge in [0.2, 0.25) is 0 Å². The third-order valence-corrected chi connectivity index (χ3v) is 3.68. The van der Waals surface area contributed by atoms with E-state index >= 15 is 0 Å². The van der Waals surface area contributed by atoms with E-state index in [0.717, 1.165) is 12.8 Å². The lowest BCUT2D eigenvalue weighted by Gasteiger charge is -2.08. The van der Waals surface area contributed by atoms with Crippen LogP contribution in [-0.4, -0.2) is 42.2 Å². The lowest BCUT2D eigenvalue weighted by atomic mass is 10.1. The molecule has 0 radical (unpaired) electrons. The predicted molar refractivity (Wildman–Crippen MR) is 95.8 cm³/mol. The molecule has 2 unspecified atom stereocenters. The summed E-state index contributed by atoms with van der Waals surface area (Å²) in [5, 5.41) is 19.3. The zero-order valence-corrected chi connectivity index (χ0v) is 16.2. The van der Waals surface area contributed by atoms with Crippen molar-refractivity contribution >= 4 is 10.4 Å².